The van der Waals surface area contributed by atoms with Crippen LogP contribution in [-0.4, -0.2) is 15.4 Å². The van der Waals surface area contributed by atoms with E-state index in [-0.39, 0.29) is 16.3 Å². The lowest BCUT2D eigenvalue weighted by atomic mass is 10.2. The summed E-state index contributed by atoms with van der Waals surface area (Å²) in [5.74, 6) is -0.530. The summed E-state index contributed by atoms with van der Waals surface area (Å²) in [7, 11) is 1.76. The first kappa shape index (κ1) is 13.4. The number of nitrogens with zero attached hydrogens (tertiary/aromatic N) is 3. The zero-order valence-corrected chi connectivity index (χ0v) is 11.3. The van der Waals surface area contributed by atoms with Crippen LogP contribution in [0.25, 0.3) is 0 Å². The molecule has 1 amide bonds. The number of hydrogen-bond donors (Lipinski definition) is 0. The van der Waals surface area contributed by atoms with Gasteiger partial charge in [-0.3, -0.25) is 14.9 Å². The van der Waals surface area contributed by atoms with Gasteiger partial charge in [0, 0.05) is 30.8 Å². The topological polar surface area (TPSA) is 77.5 Å². The summed E-state index contributed by atoms with van der Waals surface area (Å²) in [6.07, 6.45) is 1.77. The lowest BCUT2D eigenvalue weighted by molar-refractivity contribution is -0.384. The maximum absolute atomic E-state index is 11.9. The van der Waals surface area contributed by atoms with E-state index in [1.807, 2.05) is 0 Å². The molecule has 2 aromatic rings. The Morgan fingerprint density at radius 1 is 1.53 bits per heavy atom. The fourth-order valence-electron chi connectivity index (χ4n) is 1.37. The molecule has 8 heteroatoms. The molecule has 0 unspecified atom stereocenters. The maximum atomic E-state index is 11.9. The Morgan fingerprint density at radius 2 is 2.26 bits per heavy atom. The number of hydrogen-bond acceptors (Lipinski definition) is 4. The van der Waals surface area contributed by atoms with E-state index in [2.05, 4.69) is 4.99 Å². The van der Waals surface area contributed by atoms with Gasteiger partial charge in [0.05, 0.1) is 15.5 Å². The zero-order chi connectivity index (χ0) is 14.0. The van der Waals surface area contributed by atoms with Crippen LogP contribution in [0.15, 0.2) is 34.8 Å². The number of carbonyl (C=O) groups is 1. The molecule has 6 nitrogen and oxygen atoms in total. The van der Waals surface area contributed by atoms with Crippen molar-refractivity contribution in [1.29, 1.82) is 0 Å². The number of benzene rings is 1. The standard InChI is InChI=1S/C11H8ClN3O3S/c1-14-4-5-19-11(14)13-10(16)8-3-2-7(15(17)18)6-9(8)12/h2-6H,1H3. The van der Waals surface area contributed by atoms with Crippen molar-refractivity contribution in [2.75, 3.05) is 0 Å². The van der Waals surface area contributed by atoms with Crippen LogP contribution in [0.4, 0.5) is 5.69 Å². The number of carbonyl (C=O) groups excluding carboxylic acids is 1. The van der Waals surface area contributed by atoms with Crippen molar-refractivity contribution in [2.45, 2.75) is 0 Å². The first-order valence-electron chi connectivity index (χ1n) is 5.12. The molecule has 0 atom stereocenters. The summed E-state index contributed by atoms with van der Waals surface area (Å²) >= 11 is 7.17. The fourth-order valence-corrected chi connectivity index (χ4v) is 2.36. The molecule has 0 saturated carbocycles. The summed E-state index contributed by atoms with van der Waals surface area (Å²) in [5, 5.41) is 12.4. The van der Waals surface area contributed by atoms with Crippen LogP contribution in [0, 0.1) is 10.1 Å². The highest BCUT2D eigenvalue weighted by Crippen LogP contribution is 2.22. The molecule has 0 radical (unpaired) electrons. The number of aromatic nitrogens is 1. The number of thiazole rings is 1. The normalized spacial score (nSPS) is 11.6. The van der Waals surface area contributed by atoms with E-state index in [1.165, 1.54) is 23.5 Å². The van der Waals surface area contributed by atoms with Gasteiger partial charge in [0.1, 0.15) is 0 Å². The zero-order valence-electron chi connectivity index (χ0n) is 9.74. The third-order valence-corrected chi connectivity index (χ3v) is 3.51. The highest BCUT2D eigenvalue weighted by molar-refractivity contribution is 7.07. The predicted octanol–water partition coefficient (Wildman–Crippen LogP) is 2.39. The molecule has 19 heavy (non-hydrogen) atoms. The highest BCUT2D eigenvalue weighted by Gasteiger charge is 2.14. The Balaban J connectivity index is 2.41. The Hall–Kier alpha value is -1.99. The van der Waals surface area contributed by atoms with E-state index in [4.69, 9.17) is 11.6 Å². The Kier molecular flexibility index (Phi) is 3.77. The average Bonchev–Trinajstić information content (AvgIpc) is 2.74. The lowest BCUT2D eigenvalue weighted by Crippen LogP contribution is -2.12. The number of rotatable bonds is 2. The largest absolute Gasteiger partial charge is 0.327 e. The fraction of sp³-hybridized carbons (Fsp3) is 0.0909. The minimum absolute atomic E-state index is 0.0159. The van der Waals surface area contributed by atoms with Gasteiger partial charge in [0.2, 0.25) is 0 Å². The molecule has 1 aromatic carbocycles. The molecular weight excluding hydrogens is 290 g/mol. The molecular formula is C11H8ClN3O3S. The summed E-state index contributed by atoms with van der Waals surface area (Å²) < 4.78 is 1.70. The number of non-ortho nitro benzene ring substituents is 1. The third-order valence-electron chi connectivity index (χ3n) is 2.35. The first-order valence-corrected chi connectivity index (χ1v) is 6.38. The lowest BCUT2D eigenvalue weighted by Gasteiger charge is -1.99. The third kappa shape index (κ3) is 2.88. The van der Waals surface area contributed by atoms with Gasteiger partial charge in [0.15, 0.2) is 4.80 Å². The second-order valence-electron chi connectivity index (χ2n) is 3.63. The summed E-state index contributed by atoms with van der Waals surface area (Å²) in [6.45, 7) is 0. The van der Waals surface area contributed by atoms with Gasteiger partial charge in [-0.1, -0.05) is 11.6 Å². The number of aryl methyl sites for hydroxylation is 1. The van der Waals surface area contributed by atoms with Crippen molar-refractivity contribution in [3.63, 3.8) is 0 Å². The summed E-state index contributed by atoms with van der Waals surface area (Å²) in [5.41, 5.74) is -0.0242. The quantitative estimate of drug-likeness (QED) is 0.631. The minimum Gasteiger partial charge on any atom is -0.327 e. The van der Waals surface area contributed by atoms with Crippen molar-refractivity contribution >= 4 is 34.5 Å². The van der Waals surface area contributed by atoms with Crippen molar-refractivity contribution in [3.8, 4) is 0 Å². The van der Waals surface area contributed by atoms with Crippen LogP contribution in [0.2, 0.25) is 5.02 Å². The number of amides is 1. The number of halogens is 1. The Labute approximate surface area is 116 Å². The van der Waals surface area contributed by atoms with Gasteiger partial charge in [-0.05, 0) is 6.07 Å². The molecule has 0 spiro atoms. The predicted molar refractivity (Wildman–Crippen MR) is 71.3 cm³/mol. The van der Waals surface area contributed by atoms with Crippen LogP contribution in [0.3, 0.4) is 0 Å². The Bertz CT molecular complexity index is 720. The van der Waals surface area contributed by atoms with Crippen LogP contribution >= 0.6 is 22.9 Å². The smallest absolute Gasteiger partial charge is 0.281 e. The van der Waals surface area contributed by atoms with E-state index < -0.39 is 10.8 Å². The van der Waals surface area contributed by atoms with Gasteiger partial charge < -0.3 is 4.57 Å². The second kappa shape index (κ2) is 5.33. The molecule has 98 valence electrons. The van der Waals surface area contributed by atoms with Crippen LogP contribution in [0.5, 0.6) is 0 Å². The van der Waals surface area contributed by atoms with Crippen LogP contribution in [0.1, 0.15) is 10.4 Å². The van der Waals surface area contributed by atoms with Crippen LogP contribution < -0.4 is 4.80 Å². The van der Waals surface area contributed by atoms with E-state index in [1.54, 1.807) is 23.2 Å². The molecule has 0 aliphatic rings. The van der Waals surface area contributed by atoms with Crippen molar-refractivity contribution < 1.29 is 9.72 Å². The molecule has 0 saturated heterocycles. The molecule has 1 aromatic heterocycles. The van der Waals surface area contributed by atoms with Crippen molar-refractivity contribution in [1.82, 2.24) is 4.57 Å². The van der Waals surface area contributed by atoms with E-state index in [9.17, 15) is 14.9 Å². The van der Waals surface area contributed by atoms with Gasteiger partial charge >= 0.3 is 0 Å². The van der Waals surface area contributed by atoms with Crippen molar-refractivity contribution in [2.24, 2.45) is 12.0 Å². The van der Waals surface area contributed by atoms with Crippen LogP contribution in [-0.2, 0) is 7.05 Å². The highest BCUT2D eigenvalue weighted by atomic mass is 35.5. The maximum Gasteiger partial charge on any atom is 0.281 e. The average molecular weight is 298 g/mol. The molecule has 0 fully saturated rings. The van der Waals surface area contributed by atoms with Gasteiger partial charge in [-0.25, -0.2) is 0 Å². The number of nitro groups is 1. The molecule has 0 aliphatic heterocycles. The number of nitro benzene ring substituents is 1. The van der Waals surface area contributed by atoms with E-state index >= 15 is 0 Å². The summed E-state index contributed by atoms with van der Waals surface area (Å²) in [6, 6.07) is 3.67. The molecule has 0 bridgehead atoms. The minimum atomic E-state index is -0.573. The molecule has 1 heterocycles. The summed E-state index contributed by atoms with van der Waals surface area (Å²) in [4.78, 5) is 26.4. The molecule has 0 N–H and O–H groups in total. The van der Waals surface area contributed by atoms with Gasteiger partial charge in [-0.2, -0.15) is 4.99 Å². The molecule has 2 rings (SSSR count). The Morgan fingerprint density at radius 3 is 2.79 bits per heavy atom. The first-order chi connectivity index (χ1) is 8.99. The van der Waals surface area contributed by atoms with E-state index in [0.717, 1.165) is 6.07 Å². The molecule has 0 aliphatic carbocycles. The van der Waals surface area contributed by atoms with Crippen molar-refractivity contribution in [3.05, 3.63) is 55.3 Å². The van der Waals surface area contributed by atoms with Gasteiger partial charge in [-0.15, -0.1) is 11.3 Å². The van der Waals surface area contributed by atoms with E-state index in [0.29, 0.717) is 4.80 Å². The van der Waals surface area contributed by atoms with Gasteiger partial charge in [0.25, 0.3) is 11.6 Å². The monoisotopic (exact) mass is 297 g/mol. The second-order valence-corrected chi connectivity index (χ2v) is 4.91. The SMILES string of the molecule is Cn1ccsc1=NC(=O)c1ccc([N+](=O)[O-])cc1Cl.